The van der Waals surface area contributed by atoms with Crippen LogP contribution in [0.3, 0.4) is 0 Å². The summed E-state index contributed by atoms with van der Waals surface area (Å²) in [6.07, 6.45) is -4.10. The molecule has 1 heterocycles. The number of carbonyl (C=O) groups excluding carboxylic acids is 1. The fourth-order valence-corrected chi connectivity index (χ4v) is 1.51. The average Bonchev–Trinajstić information content (AvgIpc) is 2.31. The molecule has 5 nitrogen and oxygen atoms in total. The van der Waals surface area contributed by atoms with Crippen molar-refractivity contribution in [3.63, 3.8) is 0 Å². The first-order chi connectivity index (χ1) is 8.78. The molecular weight excluding hydrogens is 265 g/mol. The molecule has 0 radical (unpaired) electrons. The van der Waals surface area contributed by atoms with Gasteiger partial charge in [-0.05, 0) is 6.92 Å². The Hall–Kier alpha value is -1.83. The minimum absolute atomic E-state index is 0.0183. The zero-order valence-electron chi connectivity index (χ0n) is 10.4. The molecule has 106 valence electrons. The lowest BCUT2D eigenvalue weighted by atomic mass is 10.1. The highest BCUT2D eigenvalue weighted by Crippen LogP contribution is 2.31. The molecule has 0 spiro atoms. The number of ether oxygens (including phenoxy) is 2. The van der Waals surface area contributed by atoms with Crippen molar-refractivity contribution in [2.75, 3.05) is 7.11 Å². The second-order valence-electron chi connectivity index (χ2n) is 3.68. The normalized spacial score (nSPS) is 11.3. The second-order valence-corrected chi connectivity index (χ2v) is 3.68. The number of hydrogen-bond acceptors (Lipinski definition) is 5. The molecule has 1 rings (SSSR count). The van der Waals surface area contributed by atoms with Crippen LogP contribution in [0.4, 0.5) is 13.2 Å². The Balaban J connectivity index is 3.25. The number of halogens is 3. The van der Waals surface area contributed by atoms with E-state index >= 15 is 0 Å². The molecule has 0 aliphatic heterocycles. The molecule has 8 heteroatoms. The molecule has 0 saturated heterocycles. The zero-order chi connectivity index (χ0) is 14.6. The van der Waals surface area contributed by atoms with Gasteiger partial charge in [0, 0.05) is 29.6 Å². The molecular formula is C11H13F3N2O3. The van der Waals surface area contributed by atoms with Crippen LogP contribution in [0.1, 0.15) is 16.8 Å². The van der Waals surface area contributed by atoms with E-state index in [0.717, 1.165) is 13.3 Å². The third-order valence-corrected chi connectivity index (χ3v) is 2.40. The predicted molar refractivity (Wildman–Crippen MR) is 59.3 cm³/mol. The summed E-state index contributed by atoms with van der Waals surface area (Å²) in [5, 5.41) is 0. The molecule has 1 aromatic heterocycles. The second kappa shape index (κ2) is 5.87. The number of pyridine rings is 1. The van der Waals surface area contributed by atoms with Crippen LogP contribution < -0.4 is 10.5 Å². The standard InChI is InChI=1S/C11H13F3N2O3/c1-6-8(4-15)10(19-11(12,13)14)7(5-16-6)3-9(17)18-2/h5H,3-4,15H2,1-2H3. The van der Waals surface area contributed by atoms with Gasteiger partial charge in [-0.15, -0.1) is 13.2 Å². The molecule has 0 aliphatic rings. The van der Waals surface area contributed by atoms with Gasteiger partial charge in [-0.1, -0.05) is 0 Å². The van der Waals surface area contributed by atoms with E-state index < -0.39 is 18.1 Å². The molecule has 0 aliphatic carbocycles. The summed E-state index contributed by atoms with van der Waals surface area (Å²) < 4.78 is 45.5. The van der Waals surface area contributed by atoms with Crippen LogP contribution in [0, 0.1) is 6.92 Å². The molecule has 0 saturated carbocycles. The van der Waals surface area contributed by atoms with E-state index in [1.807, 2.05) is 0 Å². The van der Waals surface area contributed by atoms with E-state index in [2.05, 4.69) is 14.5 Å². The van der Waals surface area contributed by atoms with Crippen molar-refractivity contribution in [1.29, 1.82) is 0 Å². The van der Waals surface area contributed by atoms with Gasteiger partial charge in [0.05, 0.1) is 13.5 Å². The number of nitrogens with zero attached hydrogens (tertiary/aromatic N) is 1. The monoisotopic (exact) mass is 278 g/mol. The maximum Gasteiger partial charge on any atom is 0.573 e. The number of alkyl halides is 3. The van der Waals surface area contributed by atoms with Crippen molar-refractivity contribution in [1.82, 2.24) is 4.98 Å². The third-order valence-electron chi connectivity index (χ3n) is 2.40. The maximum absolute atomic E-state index is 12.4. The van der Waals surface area contributed by atoms with Crippen LogP contribution in [0.2, 0.25) is 0 Å². The van der Waals surface area contributed by atoms with Crippen molar-refractivity contribution >= 4 is 5.97 Å². The Morgan fingerprint density at radius 3 is 2.58 bits per heavy atom. The summed E-state index contributed by atoms with van der Waals surface area (Å²) in [7, 11) is 1.14. The fourth-order valence-electron chi connectivity index (χ4n) is 1.51. The number of hydrogen-bond donors (Lipinski definition) is 1. The Bertz CT molecular complexity index is 475. The smallest absolute Gasteiger partial charge is 0.469 e. The number of rotatable bonds is 4. The summed E-state index contributed by atoms with van der Waals surface area (Å²) in [4.78, 5) is 15.1. The van der Waals surface area contributed by atoms with E-state index in [0.29, 0.717) is 5.69 Å². The van der Waals surface area contributed by atoms with Crippen LogP contribution in [0.25, 0.3) is 0 Å². The van der Waals surface area contributed by atoms with Gasteiger partial charge in [-0.25, -0.2) is 0 Å². The topological polar surface area (TPSA) is 74.4 Å². The van der Waals surface area contributed by atoms with Crippen LogP contribution in [-0.2, 0) is 22.5 Å². The Labute approximate surface area is 107 Å². The minimum atomic E-state index is -4.87. The highest BCUT2D eigenvalue weighted by Gasteiger charge is 2.34. The number of carbonyl (C=O) groups is 1. The first-order valence-electron chi connectivity index (χ1n) is 5.28. The molecule has 0 amide bonds. The predicted octanol–water partition coefficient (Wildman–Crippen LogP) is 1.46. The summed E-state index contributed by atoms with van der Waals surface area (Å²) >= 11 is 0. The molecule has 0 aromatic carbocycles. The van der Waals surface area contributed by atoms with Gasteiger partial charge in [0.25, 0.3) is 0 Å². The summed E-state index contributed by atoms with van der Waals surface area (Å²) in [5.74, 6) is -1.17. The fraction of sp³-hybridized carbons (Fsp3) is 0.455. The number of aryl methyl sites for hydroxylation is 1. The molecule has 19 heavy (non-hydrogen) atoms. The van der Waals surface area contributed by atoms with Gasteiger partial charge in [-0.3, -0.25) is 9.78 Å². The van der Waals surface area contributed by atoms with Crippen LogP contribution in [-0.4, -0.2) is 24.4 Å². The highest BCUT2D eigenvalue weighted by molar-refractivity contribution is 5.73. The highest BCUT2D eigenvalue weighted by atomic mass is 19.4. The Morgan fingerprint density at radius 1 is 1.47 bits per heavy atom. The molecule has 0 unspecified atom stereocenters. The summed E-state index contributed by atoms with van der Waals surface area (Å²) in [5.41, 5.74) is 5.81. The number of esters is 1. The van der Waals surface area contributed by atoms with Crippen LogP contribution in [0.5, 0.6) is 5.75 Å². The van der Waals surface area contributed by atoms with Gasteiger partial charge < -0.3 is 15.2 Å². The van der Waals surface area contributed by atoms with Gasteiger partial charge >= 0.3 is 12.3 Å². The van der Waals surface area contributed by atoms with Gasteiger partial charge in [0.15, 0.2) is 0 Å². The van der Waals surface area contributed by atoms with Gasteiger partial charge in [0.1, 0.15) is 5.75 Å². The van der Waals surface area contributed by atoms with E-state index in [4.69, 9.17) is 5.73 Å². The molecule has 0 fully saturated rings. The summed E-state index contributed by atoms with van der Waals surface area (Å²) in [6.45, 7) is 1.33. The number of nitrogens with two attached hydrogens (primary N) is 1. The summed E-state index contributed by atoms with van der Waals surface area (Å²) in [6, 6.07) is 0. The molecule has 1 aromatic rings. The van der Waals surface area contributed by atoms with Crippen molar-refractivity contribution in [3.05, 3.63) is 23.0 Å². The maximum atomic E-state index is 12.4. The number of methoxy groups -OCH3 is 1. The largest absolute Gasteiger partial charge is 0.573 e. The minimum Gasteiger partial charge on any atom is -0.469 e. The number of aromatic nitrogens is 1. The van der Waals surface area contributed by atoms with Gasteiger partial charge in [-0.2, -0.15) is 0 Å². The SMILES string of the molecule is COC(=O)Cc1cnc(C)c(CN)c1OC(F)(F)F. The van der Waals surface area contributed by atoms with Crippen LogP contribution in [0.15, 0.2) is 6.20 Å². The van der Waals surface area contributed by atoms with Crippen LogP contribution >= 0.6 is 0 Å². The molecule has 2 N–H and O–H groups in total. The van der Waals surface area contributed by atoms with Gasteiger partial charge in [0.2, 0.25) is 0 Å². The lowest BCUT2D eigenvalue weighted by Gasteiger charge is -2.17. The third kappa shape index (κ3) is 4.09. The van der Waals surface area contributed by atoms with E-state index in [9.17, 15) is 18.0 Å². The Morgan fingerprint density at radius 2 is 2.11 bits per heavy atom. The first kappa shape index (κ1) is 15.2. The van der Waals surface area contributed by atoms with Crippen molar-refractivity contribution < 1.29 is 27.4 Å². The average molecular weight is 278 g/mol. The lowest BCUT2D eigenvalue weighted by molar-refractivity contribution is -0.275. The van der Waals surface area contributed by atoms with E-state index in [1.54, 1.807) is 0 Å². The van der Waals surface area contributed by atoms with E-state index in [1.165, 1.54) is 6.92 Å². The quantitative estimate of drug-likeness (QED) is 0.844. The van der Waals surface area contributed by atoms with Crippen molar-refractivity contribution in [2.45, 2.75) is 26.3 Å². The zero-order valence-corrected chi connectivity index (χ0v) is 10.4. The lowest BCUT2D eigenvalue weighted by Crippen LogP contribution is -2.21. The molecule has 0 atom stereocenters. The van der Waals surface area contributed by atoms with Crippen molar-refractivity contribution in [3.8, 4) is 5.75 Å². The van der Waals surface area contributed by atoms with E-state index in [-0.39, 0.29) is 24.1 Å². The Kier molecular flexibility index (Phi) is 4.71. The molecule has 0 bridgehead atoms. The first-order valence-corrected chi connectivity index (χ1v) is 5.28. The van der Waals surface area contributed by atoms with Crippen molar-refractivity contribution in [2.24, 2.45) is 5.73 Å².